The van der Waals surface area contributed by atoms with Crippen LogP contribution >= 0.6 is 0 Å². The highest BCUT2D eigenvalue weighted by Crippen LogP contribution is 2.48. The van der Waals surface area contributed by atoms with Crippen molar-refractivity contribution >= 4 is 39.1 Å². The Kier molecular flexibility index (Phi) is 7.59. The zero-order valence-corrected chi connectivity index (χ0v) is 23.0. The number of piperidine rings is 2. The number of aliphatic hydroxyl groups is 1. The Balaban J connectivity index is 1.41. The topological polar surface area (TPSA) is 128 Å². The molecule has 3 heterocycles. The molecule has 10 nitrogen and oxygen atoms in total. The maximum Gasteiger partial charge on any atom is 0.258 e. The van der Waals surface area contributed by atoms with E-state index in [1.807, 2.05) is 4.90 Å². The molecule has 3 fully saturated rings. The van der Waals surface area contributed by atoms with E-state index in [1.165, 1.54) is 18.2 Å². The summed E-state index contributed by atoms with van der Waals surface area (Å²) in [5.41, 5.74) is 0.248. The number of rotatable bonds is 8. The Morgan fingerprint density at radius 3 is 2.45 bits per heavy atom. The Morgan fingerprint density at radius 1 is 1.07 bits per heavy atom. The number of sulfonamides is 1. The van der Waals surface area contributed by atoms with Crippen LogP contribution in [0.3, 0.4) is 0 Å². The number of aromatic nitrogens is 2. The van der Waals surface area contributed by atoms with Crippen molar-refractivity contribution in [2.24, 2.45) is 5.92 Å². The van der Waals surface area contributed by atoms with E-state index in [4.69, 9.17) is 5.11 Å². The van der Waals surface area contributed by atoms with E-state index in [-0.39, 0.29) is 54.9 Å². The number of carbonyl (C=O) groups is 1. The van der Waals surface area contributed by atoms with Crippen LogP contribution in [0.4, 0.5) is 36.3 Å². The van der Waals surface area contributed by atoms with Crippen molar-refractivity contribution in [3.8, 4) is 0 Å². The van der Waals surface area contributed by atoms with Gasteiger partial charge in [-0.05, 0) is 44.4 Å². The minimum absolute atomic E-state index is 0.0911. The SMILES string of the molecule is Cc1cc(NC(=O)c2ccc(NS(=O)(=O)CCO)cc2N2CC[C@@]3(F)CC[C@H]3C2)nc(N2CCC(F)(F)CC2)n1. The second kappa shape index (κ2) is 10.7. The van der Waals surface area contributed by atoms with Crippen molar-refractivity contribution in [2.75, 3.05) is 58.4 Å². The number of nitrogens with zero attached hydrogens (tertiary/aromatic N) is 4. The van der Waals surface area contributed by atoms with Gasteiger partial charge < -0.3 is 20.2 Å². The summed E-state index contributed by atoms with van der Waals surface area (Å²) in [6.45, 7) is 2.10. The molecule has 1 amide bonds. The zero-order valence-electron chi connectivity index (χ0n) is 22.2. The first kappa shape index (κ1) is 28.4. The first-order chi connectivity index (χ1) is 18.9. The molecule has 40 heavy (non-hydrogen) atoms. The first-order valence-electron chi connectivity index (χ1n) is 13.4. The lowest BCUT2D eigenvalue weighted by Crippen LogP contribution is -2.55. The fraction of sp³-hybridized carbons (Fsp3) is 0.577. The normalized spacial score (nSPS) is 24.2. The Bertz CT molecular complexity index is 1380. The van der Waals surface area contributed by atoms with Crippen LogP contribution in [0.2, 0.25) is 0 Å². The fourth-order valence-electron chi connectivity index (χ4n) is 5.52. The van der Waals surface area contributed by atoms with Gasteiger partial charge in [0.05, 0.1) is 29.3 Å². The van der Waals surface area contributed by atoms with Crippen molar-refractivity contribution in [2.45, 2.75) is 50.6 Å². The molecule has 2 saturated heterocycles. The van der Waals surface area contributed by atoms with Gasteiger partial charge in [0.25, 0.3) is 11.8 Å². The van der Waals surface area contributed by atoms with Gasteiger partial charge in [0.1, 0.15) is 11.5 Å². The summed E-state index contributed by atoms with van der Waals surface area (Å²) < 4.78 is 69.1. The molecule has 14 heteroatoms. The first-order valence-corrected chi connectivity index (χ1v) is 15.0. The van der Waals surface area contributed by atoms with E-state index in [1.54, 1.807) is 17.9 Å². The number of hydrogen-bond donors (Lipinski definition) is 3. The van der Waals surface area contributed by atoms with Crippen molar-refractivity contribution in [1.29, 1.82) is 0 Å². The molecule has 0 radical (unpaired) electrons. The molecular weight excluding hydrogens is 549 g/mol. The summed E-state index contributed by atoms with van der Waals surface area (Å²) in [4.78, 5) is 25.8. The average Bonchev–Trinajstić information content (AvgIpc) is 2.86. The van der Waals surface area contributed by atoms with Crippen molar-refractivity contribution in [1.82, 2.24) is 9.97 Å². The molecule has 3 N–H and O–H groups in total. The van der Waals surface area contributed by atoms with Gasteiger partial charge in [-0.2, -0.15) is 4.98 Å². The summed E-state index contributed by atoms with van der Waals surface area (Å²) in [5.74, 6) is -3.44. The molecule has 3 aliphatic rings. The van der Waals surface area contributed by atoms with Crippen LogP contribution in [0.5, 0.6) is 0 Å². The zero-order chi connectivity index (χ0) is 28.7. The predicted octanol–water partition coefficient (Wildman–Crippen LogP) is 3.34. The van der Waals surface area contributed by atoms with Crippen LogP contribution in [0, 0.1) is 12.8 Å². The quantitative estimate of drug-likeness (QED) is 0.433. The summed E-state index contributed by atoms with van der Waals surface area (Å²) in [7, 11) is -3.81. The highest BCUT2D eigenvalue weighted by atomic mass is 32.2. The number of fused-ring (bicyclic) bond motifs is 1. The van der Waals surface area contributed by atoms with Crippen LogP contribution in [0.15, 0.2) is 24.3 Å². The smallest absolute Gasteiger partial charge is 0.258 e. The van der Waals surface area contributed by atoms with Gasteiger partial charge in [-0.1, -0.05) is 0 Å². The number of benzene rings is 1. The summed E-state index contributed by atoms with van der Waals surface area (Å²) in [5, 5.41) is 11.8. The highest BCUT2D eigenvalue weighted by molar-refractivity contribution is 7.92. The lowest BCUT2D eigenvalue weighted by Gasteiger charge is -2.51. The number of alkyl halides is 3. The van der Waals surface area contributed by atoms with Crippen LogP contribution in [0.1, 0.15) is 48.2 Å². The Labute approximate surface area is 231 Å². The lowest BCUT2D eigenvalue weighted by atomic mass is 9.66. The monoisotopic (exact) mass is 582 g/mol. The maximum absolute atomic E-state index is 15.0. The third-order valence-electron chi connectivity index (χ3n) is 7.96. The van der Waals surface area contributed by atoms with Crippen molar-refractivity contribution in [3.05, 3.63) is 35.5 Å². The van der Waals surface area contributed by atoms with E-state index in [0.29, 0.717) is 37.3 Å². The molecule has 1 saturated carbocycles. The van der Waals surface area contributed by atoms with Crippen LogP contribution in [0.25, 0.3) is 0 Å². The van der Waals surface area contributed by atoms with Gasteiger partial charge in [-0.3, -0.25) is 9.52 Å². The van der Waals surface area contributed by atoms with Gasteiger partial charge in [-0.25, -0.2) is 26.6 Å². The number of carbonyl (C=O) groups excluding carboxylic acids is 1. The maximum atomic E-state index is 15.0. The van der Waals surface area contributed by atoms with Crippen molar-refractivity contribution in [3.63, 3.8) is 0 Å². The van der Waals surface area contributed by atoms with E-state index >= 15 is 0 Å². The van der Waals surface area contributed by atoms with Crippen LogP contribution < -0.4 is 19.8 Å². The number of anilines is 4. The minimum atomic E-state index is -3.81. The van der Waals surface area contributed by atoms with Gasteiger partial charge in [-0.15, -0.1) is 0 Å². The molecule has 0 bridgehead atoms. The summed E-state index contributed by atoms with van der Waals surface area (Å²) in [6, 6.07) is 6.05. The van der Waals surface area contributed by atoms with E-state index in [9.17, 15) is 26.4 Å². The molecule has 2 aliphatic heterocycles. The summed E-state index contributed by atoms with van der Waals surface area (Å²) in [6.07, 6.45) is 0.955. The minimum Gasteiger partial charge on any atom is -0.395 e. The van der Waals surface area contributed by atoms with Crippen molar-refractivity contribution < 1.29 is 31.5 Å². The van der Waals surface area contributed by atoms with Crippen LogP contribution in [-0.4, -0.2) is 79.5 Å². The van der Waals surface area contributed by atoms with E-state index in [2.05, 4.69) is 20.0 Å². The molecule has 1 aliphatic carbocycles. The molecular formula is C26H33F3N6O4S. The highest BCUT2D eigenvalue weighted by Gasteiger charge is 2.50. The molecule has 2 atom stereocenters. The molecule has 1 aromatic heterocycles. The average molecular weight is 583 g/mol. The molecule has 2 aromatic rings. The summed E-state index contributed by atoms with van der Waals surface area (Å²) >= 11 is 0. The van der Waals surface area contributed by atoms with Gasteiger partial charge in [0.2, 0.25) is 16.0 Å². The molecule has 0 spiro atoms. The van der Waals surface area contributed by atoms with E-state index in [0.717, 1.165) is 6.42 Å². The Morgan fingerprint density at radius 2 is 1.80 bits per heavy atom. The van der Waals surface area contributed by atoms with Gasteiger partial charge >= 0.3 is 0 Å². The standard InChI is InChI=1S/C26H33F3N6O4S/c1-17-14-22(32-24(30-17)34-10-7-26(28,29)8-11-34)31-23(37)20-3-2-19(33-40(38,39)13-12-36)15-21(20)35-9-6-25(27)5-4-18(25)16-35/h2-3,14-15,18,33,36H,4-13,16H2,1H3,(H,30,31,32,37)/t18-,25-/m0/s1. The Hall–Kier alpha value is -3.13. The number of aliphatic hydroxyl groups excluding tert-OH is 1. The number of hydrogen-bond acceptors (Lipinski definition) is 8. The second-order valence-corrected chi connectivity index (χ2v) is 12.7. The molecule has 5 rings (SSSR count). The number of aryl methyl sites for hydroxylation is 1. The van der Waals surface area contributed by atoms with Crippen LogP contribution in [-0.2, 0) is 10.0 Å². The molecule has 218 valence electrons. The largest absolute Gasteiger partial charge is 0.395 e. The molecule has 1 aromatic carbocycles. The van der Waals surface area contributed by atoms with E-state index < -0.39 is 39.9 Å². The fourth-order valence-corrected chi connectivity index (χ4v) is 6.35. The number of nitrogens with one attached hydrogen (secondary N) is 2. The predicted molar refractivity (Wildman–Crippen MR) is 145 cm³/mol. The van der Waals surface area contributed by atoms with Gasteiger partial charge in [0.15, 0.2) is 0 Å². The molecule has 0 unspecified atom stereocenters. The third-order valence-corrected chi connectivity index (χ3v) is 9.22. The third kappa shape index (κ3) is 6.12. The van der Waals surface area contributed by atoms with Gasteiger partial charge in [0, 0.05) is 56.7 Å². The second-order valence-electron chi connectivity index (χ2n) is 10.8. The number of halogens is 3. The lowest BCUT2D eigenvalue weighted by molar-refractivity contribution is -0.0309. The number of amides is 1.